The first-order valence-corrected chi connectivity index (χ1v) is 6.71. The molecular weight excluding hydrogens is 248 g/mol. The molecule has 2 heteroatoms. The number of hydrogen-bond donors (Lipinski definition) is 0. The fraction of sp³-hybridized carbons (Fsp3) is 0.111. The van der Waals surface area contributed by atoms with Crippen molar-refractivity contribution in [1.82, 2.24) is 0 Å². The van der Waals surface area contributed by atoms with Gasteiger partial charge in [0.25, 0.3) is 0 Å². The molecule has 1 aliphatic rings. The molecule has 2 nitrogen and oxygen atoms in total. The van der Waals surface area contributed by atoms with Gasteiger partial charge in [0.2, 0.25) is 0 Å². The van der Waals surface area contributed by atoms with E-state index in [2.05, 4.69) is 30.3 Å². The number of hydrogen-bond acceptors (Lipinski definition) is 2. The normalized spacial score (nSPS) is 12.4. The molecule has 3 aromatic rings. The molecule has 0 aliphatic carbocycles. The van der Waals surface area contributed by atoms with E-state index in [1.165, 1.54) is 16.5 Å². The lowest BCUT2D eigenvalue weighted by Gasteiger charge is -2.23. The maximum absolute atomic E-state index is 6.19. The molecule has 0 bridgehead atoms. The van der Waals surface area contributed by atoms with Crippen LogP contribution in [-0.4, -0.2) is 7.11 Å². The third-order valence-electron chi connectivity index (χ3n) is 3.83. The van der Waals surface area contributed by atoms with Gasteiger partial charge in [0.15, 0.2) is 11.5 Å². The fourth-order valence-electron chi connectivity index (χ4n) is 2.83. The number of ether oxygens (including phenoxy) is 2. The second-order valence-electron chi connectivity index (χ2n) is 5.00. The Hall–Kier alpha value is -2.48. The number of para-hydroxylation sites is 1. The maximum Gasteiger partial charge on any atom is 0.172 e. The van der Waals surface area contributed by atoms with Crippen LogP contribution in [-0.2, 0) is 6.42 Å². The Bertz CT molecular complexity index is 806. The summed E-state index contributed by atoms with van der Waals surface area (Å²) in [5.41, 5.74) is 2.40. The average molecular weight is 262 g/mol. The van der Waals surface area contributed by atoms with Crippen LogP contribution in [0.5, 0.6) is 17.2 Å². The zero-order valence-electron chi connectivity index (χ0n) is 11.2. The molecule has 0 saturated heterocycles. The summed E-state index contributed by atoms with van der Waals surface area (Å²) >= 11 is 0. The van der Waals surface area contributed by atoms with Crippen LogP contribution in [0.3, 0.4) is 0 Å². The molecular formula is C18H14O2. The highest BCUT2D eigenvalue weighted by molar-refractivity contribution is 5.90. The molecule has 1 heterocycles. The van der Waals surface area contributed by atoms with E-state index in [1.807, 2.05) is 24.3 Å². The van der Waals surface area contributed by atoms with E-state index in [9.17, 15) is 0 Å². The molecule has 4 rings (SSSR count). The van der Waals surface area contributed by atoms with Gasteiger partial charge in [-0.3, -0.25) is 0 Å². The fourth-order valence-corrected chi connectivity index (χ4v) is 2.83. The van der Waals surface area contributed by atoms with Crippen LogP contribution in [0.2, 0.25) is 0 Å². The highest BCUT2D eigenvalue weighted by atomic mass is 16.5. The zero-order chi connectivity index (χ0) is 13.5. The Morgan fingerprint density at radius 3 is 2.60 bits per heavy atom. The standard InChI is InChI=1S/C18H14O2/c1-19-16-8-4-6-13-11-14-10-9-12-5-2-3-7-15(12)17(14)20-18(13)16/h2-10H,11H2,1H3. The van der Waals surface area contributed by atoms with E-state index in [4.69, 9.17) is 9.47 Å². The minimum absolute atomic E-state index is 0.793. The van der Waals surface area contributed by atoms with Crippen molar-refractivity contribution in [3.05, 3.63) is 65.7 Å². The molecule has 0 fully saturated rings. The lowest BCUT2D eigenvalue weighted by atomic mass is 9.96. The van der Waals surface area contributed by atoms with Gasteiger partial charge in [0.1, 0.15) is 5.75 Å². The van der Waals surface area contributed by atoms with E-state index in [0.29, 0.717) is 0 Å². The zero-order valence-corrected chi connectivity index (χ0v) is 11.2. The topological polar surface area (TPSA) is 18.5 Å². The smallest absolute Gasteiger partial charge is 0.172 e. The molecule has 0 spiro atoms. The predicted octanol–water partition coefficient (Wildman–Crippen LogP) is 4.54. The number of rotatable bonds is 1. The summed E-state index contributed by atoms with van der Waals surface area (Å²) in [6.07, 6.45) is 0.882. The summed E-state index contributed by atoms with van der Waals surface area (Å²) < 4.78 is 11.6. The molecule has 0 atom stereocenters. The largest absolute Gasteiger partial charge is 0.493 e. The van der Waals surface area contributed by atoms with E-state index in [-0.39, 0.29) is 0 Å². The first-order valence-electron chi connectivity index (χ1n) is 6.71. The Balaban J connectivity index is 1.95. The van der Waals surface area contributed by atoms with Gasteiger partial charge in [0, 0.05) is 17.4 Å². The maximum atomic E-state index is 6.19. The summed E-state index contributed by atoms with van der Waals surface area (Å²) in [5.74, 6) is 2.60. The van der Waals surface area contributed by atoms with Crippen LogP contribution >= 0.6 is 0 Å². The number of fused-ring (bicyclic) bond motifs is 4. The van der Waals surface area contributed by atoms with Crippen molar-refractivity contribution in [2.45, 2.75) is 6.42 Å². The van der Waals surface area contributed by atoms with Crippen LogP contribution in [0.1, 0.15) is 11.1 Å². The molecule has 98 valence electrons. The van der Waals surface area contributed by atoms with Crippen molar-refractivity contribution in [3.63, 3.8) is 0 Å². The van der Waals surface area contributed by atoms with Crippen molar-refractivity contribution in [3.8, 4) is 17.2 Å². The summed E-state index contributed by atoms with van der Waals surface area (Å²) in [6.45, 7) is 0. The second-order valence-corrected chi connectivity index (χ2v) is 5.00. The monoisotopic (exact) mass is 262 g/mol. The van der Waals surface area contributed by atoms with Gasteiger partial charge >= 0.3 is 0 Å². The van der Waals surface area contributed by atoms with Crippen LogP contribution in [0.4, 0.5) is 0 Å². The minimum Gasteiger partial charge on any atom is -0.493 e. The second kappa shape index (κ2) is 4.27. The highest BCUT2D eigenvalue weighted by Gasteiger charge is 2.21. The van der Waals surface area contributed by atoms with Crippen LogP contribution in [0, 0.1) is 0 Å². The Kier molecular flexibility index (Phi) is 2.43. The van der Waals surface area contributed by atoms with E-state index >= 15 is 0 Å². The number of benzene rings is 3. The summed E-state index contributed by atoms with van der Waals surface area (Å²) in [5, 5.41) is 2.35. The molecule has 20 heavy (non-hydrogen) atoms. The van der Waals surface area contributed by atoms with Gasteiger partial charge in [-0.05, 0) is 17.0 Å². The van der Waals surface area contributed by atoms with E-state index in [0.717, 1.165) is 29.1 Å². The van der Waals surface area contributed by atoms with Gasteiger partial charge in [-0.1, -0.05) is 48.5 Å². The molecule has 0 unspecified atom stereocenters. The summed E-state index contributed by atoms with van der Waals surface area (Å²) in [7, 11) is 1.68. The quantitative estimate of drug-likeness (QED) is 0.501. The third-order valence-corrected chi connectivity index (χ3v) is 3.83. The third kappa shape index (κ3) is 1.58. The summed E-state index contributed by atoms with van der Waals surface area (Å²) in [4.78, 5) is 0. The van der Waals surface area contributed by atoms with Gasteiger partial charge in [-0.2, -0.15) is 0 Å². The van der Waals surface area contributed by atoms with Gasteiger partial charge < -0.3 is 9.47 Å². The van der Waals surface area contributed by atoms with E-state index < -0.39 is 0 Å². The van der Waals surface area contributed by atoms with Crippen LogP contribution < -0.4 is 9.47 Å². The first-order chi connectivity index (χ1) is 9.86. The number of methoxy groups -OCH3 is 1. The van der Waals surface area contributed by atoms with Gasteiger partial charge in [-0.15, -0.1) is 0 Å². The molecule has 0 N–H and O–H groups in total. The molecule has 0 radical (unpaired) electrons. The molecule has 0 saturated carbocycles. The Labute approximate surface area is 117 Å². The van der Waals surface area contributed by atoms with E-state index in [1.54, 1.807) is 7.11 Å². The van der Waals surface area contributed by atoms with Crippen LogP contribution in [0.15, 0.2) is 54.6 Å². The summed E-state index contributed by atoms with van der Waals surface area (Å²) in [6, 6.07) is 18.7. The van der Waals surface area contributed by atoms with Gasteiger partial charge in [-0.25, -0.2) is 0 Å². The lowest BCUT2D eigenvalue weighted by Crippen LogP contribution is -2.04. The highest BCUT2D eigenvalue weighted by Crippen LogP contribution is 2.44. The van der Waals surface area contributed by atoms with Crippen molar-refractivity contribution in [1.29, 1.82) is 0 Å². The molecule has 1 aliphatic heterocycles. The first kappa shape index (κ1) is 11.4. The van der Waals surface area contributed by atoms with Gasteiger partial charge in [0.05, 0.1) is 7.11 Å². The SMILES string of the molecule is COc1cccc2c1Oc1c(ccc3ccccc13)C2. The molecule has 0 aromatic heterocycles. The minimum atomic E-state index is 0.793. The van der Waals surface area contributed by atoms with Crippen LogP contribution in [0.25, 0.3) is 10.8 Å². The van der Waals surface area contributed by atoms with Crippen molar-refractivity contribution in [2.24, 2.45) is 0 Å². The van der Waals surface area contributed by atoms with Crippen molar-refractivity contribution >= 4 is 10.8 Å². The lowest BCUT2D eigenvalue weighted by molar-refractivity contribution is 0.373. The predicted molar refractivity (Wildman–Crippen MR) is 79.8 cm³/mol. The average Bonchev–Trinajstić information content (AvgIpc) is 2.52. The van der Waals surface area contributed by atoms with Crippen molar-refractivity contribution in [2.75, 3.05) is 7.11 Å². The Morgan fingerprint density at radius 2 is 1.70 bits per heavy atom. The molecule has 0 amide bonds. The molecule has 3 aromatic carbocycles. The Morgan fingerprint density at radius 1 is 0.850 bits per heavy atom. The van der Waals surface area contributed by atoms with Crippen molar-refractivity contribution < 1.29 is 9.47 Å².